The summed E-state index contributed by atoms with van der Waals surface area (Å²) in [7, 11) is 1.93. The molecule has 1 heterocycles. The predicted molar refractivity (Wildman–Crippen MR) is 145 cm³/mol. The van der Waals surface area contributed by atoms with E-state index < -0.39 is 24.0 Å². The second-order valence-corrected chi connectivity index (χ2v) is 9.23. The first-order valence-corrected chi connectivity index (χ1v) is 12.8. The molecule has 1 N–H and O–H groups in total. The fourth-order valence-corrected chi connectivity index (χ4v) is 3.85. The van der Waals surface area contributed by atoms with Crippen LogP contribution in [0.25, 0.3) is 10.9 Å². The molecule has 3 aromatic carbocycles. The summed E-state index contributed by atoms with van der Waals surface area (Å²) in [6.07, 6.45) is -5.24. The highest BCUT2D eigenvalue weighted by Crippen LogP contribution is 2.36. The highest BCUT2D eigenvalue weighted by Gasteiger charge is 2.42. The van der Waals surface area contributed by atoms with Gasteiger partial charge in [-0.05, 0) is 61.6 Å². The minimum Gasteiger partial charge on any atom is -0.491 e. The number of nitrogens with zero attached hydrogens (tertiary/aromatic N) is 3. The number of alkyl halides is 3. The molecule has 1 aromatic heterocycles. The Hall–Kier alpha value is -4.16. The zero-order valence-electron chi connectivity index (χ0n) is 22.0. The van der Waals surface area contributed by atoms with Crippen molar-refractivity contribution < 1.29 is 36.6 Å². The molecule has 13 heteroatoms. The molecular formula is C28H25ClF4N4O4. The summed E-state index contributed by atoms with van der Waals surface area (Å²) in [5.74, 6) is -2.15. The van der Waals surface area contributed by atoms with Crippen molar-refractivity contribution in [2.24, 2.45) is 0 Å². The molecule has 0 bridgehead atoms. The fourth-order valence-electron chi connectivity index (χ4n) is 3.62. The van der Waals surface area contributed by atoms with E-state index >= 15 is 0 Å². The van der Waals surface area contributed by atoms with Gasteiger partial charge in [0.25, 0.3) is 0 Å². The molecule has 0 unspecified atom stereocenters. The van der Waals surface area contributed by atoms with Gasteiger partial charge in [0, 0.05) is 12.2 Å². The first-order chi connectivity index (χ1) is 19.5. The molecule has 216 valence electrons. The maximum absolute atomic E-state index is 13.5. The molecular weight excluding hydrogens is 568 g/mol. The number of fused-ring (bicyclic) bond motifs is 1. The summed E-state index contributed by atoms with van der Waals surface area (Å²) in [5, 5.41) is 3.55. The molecule has 0 fully saturated rings. The number of anilines is 2. The number of benzene rings is 3. The van der Waals surface area contributed by atoms with Crippen molar-refractivity contribution in [2.75, 3.05) is 32.1 Å². The Labute approximate surface area is 237 Å². The van der Waals surface area contributed by atoms with Gasteiger partial charge in [0.1, 0.15) is 36.3 Å². The lowest BCUT2D eigenvalue weighted by Gasteiger charge is -2.17. The molecule has 4 aromatic rings. The van der Waals surface area contributed by atoms with Crippen molar-refractivity contribution in [1.82, 2.24) is 14.9 Å². The van der Waals surface area contributed by atoms with Crippen molar-refractivity contribution in [3.8, 4) is 17.5 Å². The first-order valence-electron chi connectivity index (χ1n) is 12.4. The van der Waals surface area contributed by atoms with Gasteiger partial charge in [-0.2, -0.15) is 23.1 Å². The first kappa shape index (κ1) is 29.8. The van der Waals surface area contributed by atoms with Gasteiger partial charge in [0.2, 0.25) is 0 Å². The van der Waals surface area contributed by atoms with Crippen LogP contribution in [0.3, 0.4) is 0 Å². The van der Waals surface area contributed by atoms with Gasteiger partial charge < -0.3 is 24.4 Å². The van der Waals surface area contributed by atoms with E-state index in [0.717, 1.165) is 6.54 Å². The number of aromatic nitrogens is 2. The highest BCUT2D eigenvalue weighted by atomic mass is 35.5. The van der Waals surface area contributed by atoms with Crippen molar-refractivity contribution in [1.29, 1.82) is 0 Å². The third-order valence-corrected chi connectivity index (χ3v) is 6.12. The van der Waals surface area contributed by atoms with Gasteiger partial charge >= 0.3 is 18.2 Å². The van der Waals surface area contributed by atoms with Gasteiger partial charge in [-0.25, -0.2) is 9.18 Å². The average Bonchev–Trinajstić information content (AvgIpc) is 2.92. The van der Waals surface area contributed by atoms with E-state index in [0.29, 0.717) is 41.3 Å². The Morgan fingerprint density at radius 1 is 1.02 bits per heavy atom. The average molecular weight is 593 g/mol. The molecule has 41 heavy (non-hydrogen) atoms. The lowest BCUT2D eigenvalue weighted by molar-refractivity contribution is -0.190. The molecule has 0 spiro atoms. The number of hydrogen-bond acceptors (Lipinski definition) is 8. The van der Waals surface area contributed by atoms with Crippen molar-refractivity contribution >= 4 is 40.0 Å². The molecule has 0 amide bonds. The van der Waals surface area contributed by atoms with Gasteiger partial charge in [-0.15, -0.1) is 0 Å². The summed E-state index contributed by atoms with van der Waals surface area (Å²) in [4.78, 5) is 21.5. The van der Waals surface area contributed by atoms with E-state index in [9.17, 15) is 22.4 Å². The zero-order valence-corrected chi connectivity index (χ0v) is 22.7. The largest absolute Gasteiger partial charge is 0.491 e. The summed E-state index contributed by atoms with van der Waals surface area (Å²) < 4.78 is 68.1. The topological polar surface area (TPSA) is 85.8 Å². The molecule has 0 saturated heterocycles. The van der Waals surface area contributed by atoms with Crippen LogP contribution in [-0.4, -0.2) is 53.8 Å². The van der Waals surface area contributed by atoms with Crippen LogP contribution < -0.4 is 19.5 Å². The Balaban J connectivity index is 1.64. The number of carbonyl (C=O) groups is 1. The number of esters is 1. The summed E-state index contributed by atoms with van der Waals surface area (Å²) in [6, 6.07) is 14.6. The van der Waals surface area contributed by atoms with Gasteiger partial charge in [-0.3, -0.25) is 0 Å². The minimum atomic E-state index is -5.24. The zero-order chi connectivity index (χ0) is 29.6. The summed E-state index contributed by atoms with van der Waals surface area (Å²) in [5.41, 5.74) is 1.17. The third-order valence-electron chi connectivity index (χ3n) is 5.83. The van der Waals surface area contributed by atoms with Crippen LogP contribution in [0, 0.1) is 5.82 Å². The van der Waals surface area contributed by atoms with Crippen LogP contribution in [-0.2, 0) is 11.4 Å². The number of likely N-dealkylation sites (N-methyl/N-ethyl adjacent to an activating group) is 1. The van der Waals surface area contributed by atoms with Crippen LogP contribution in [0.1, 0.15) is 12.5 Å². The maximum atomic E-state index is 13.5. The second kappa shape index (κ2) is 13.0. The molecule has 8 nitrogen and oxygen atoms in total. The quantitative estimate of drug-likeness (QED) is 0.155. The normalized spacial score (nSPS) is 11.5. The molecule has 0 aliphatic carbocycles. The van der Waals surface area contributed by atoms with Gasteiger partial charge in [-0.1, -0.05) is 36.7 Å². The van der Waals surface area contributed by atoms with E-state index in [1.54, 1.807) is 36.4 Å². The highest BCUT2D eigenvalue weighted by molar-refractivity contribution is 6.32. The van der Waals surface area contributed by atoms with Crippen LogP contribution >= 0.6 is 11.6 Å². The Kier molecular flexibility index (Phi) is 9.46. The maximum Gasteiger partial charge on any atom is 0.491 e. The predicted octanol–water partition coefficient (Wildman–Crippen LogP) is 6.54. The molecule has 0 aliphatic heterocycles. The smallest absolute Gasteiger partial charge is 0.491 e. The van der Waals surface area contributed by atoms with Gasteiger partial charge in [0.05, 0.1) is 15.9 Å². The van der Waals surface area contributed by atoms with Crippen LogP contribution in [0.4, 0.5) is 29.1 Å². The number of hydrogen-bond donors (Lipinski definition) is 1. The SMILES string of the molecule is CCN(C)CCOc1cccc2nc(OC(=O)C(F)(F)F)nc(Nc3ccc(OCc4cccc(F)c4)c(Cl)c3)c12. The standard InChI is InChI=1S/C28H25ClF4N4O4/c1-3-37(2)12-13-39-23-9-5-8-21-24(23)25(36-27(35-21)41-26(38)28(31,32)33)34-19-10-11-22(20(29)15-19)40-16-17-6-4-7-18(30)14-17/h4-11,14-15H,3,12-13,16H2,1-2H3,(H,34,35,36). The van der Waals surface area contributed by atoms with E-state index in [2.05, 4.69) is 20.0 Å². The molecule has 0 radical (unpaired) electrons. The Bertz CT molecular complexity index is 1540. The van der Waals surface area contributed by atoms with Crippen molar-refractivity contribution in [3.05, 3.63) is 77.1 Å². The van der Waals surface area contributed by atoms with E-state index in [-0.39, 0.29) is 23.0 Å². The number of rotatable bonds is 11. The number of carbonyl (C=O) groups excluding carboxylic acids is 1. The van der Waals surface area contributed by atoms with E-state index in [1.807, 2.05) is 18.9 Å². The van der Waals surface area contributed by atoms with Crippen molar-refractivity contribution in [3.63, 3.8) is 0 Å². The van der Waals surface area contributed by atoms with Crippen LogP contribution in [0.5, 0.6) is 17.5 Å². The Morgan fingerprint density at radius 3 is 2.51 bits per heavy atom. The number of nitrogens with one attached hydrogen (secondary N) is 1. The van der Waals surface area contributed by atoms with Crippen LogP contribution in [0.2, 0.25) is 5.02 Å². The van der Waals surface area contributed by atoms with Crippen molar-refractivity contribution in [2.45, 2.75) is 19.7 Å². The number of halogens is 5. The van der Waals surface area contributed by atoms with E-state index in [1.165, 1.54) is 24.3 Å². The van der Waals surface area contributed by atoms with E-state index in [4.69, 9.17) is 21.1 Å². The lowest BCUT2D eigenvalue weighted by atomic mass is 10.2. The second-order valence-electron chi connectivity index (χ2n) is 8.83. The minimum absolute atomic E-state index is 0.0175. The fraction of sp³-hybridized carbons (Fsp3) is 0.250. The summed E-state index contributed by atoms with van der Waals surface area (Å²) in [6.45, 7) is 3.82. The summed E-state index contributed by atoms with van der Waals surface area (Å²) >= 11 is 6.41. The van der Waals surface area contributed by atoms with Gasteiger partial charge in [0.15, 0.2) is 0 Å². The van der Waals surface area contributed by atoms with Crippen LogP contribution in [0.15, 0.2) is 60.7 Å². The molecule has 4 rings (SSSR count). The number of ether oxygens (including phenoxy) is 3. The lowest BCUT2D eigenvalue weighted by Crippen LogP contribution is -2.28. The third kappa shape index (κ3) is 7.95. The molecule has 0 saturated carbocycles. The molecule has 0 aliphatic rings. The Morgan fingerprint density at radius 2 is 1.80 bits per heavy atom. The molecule has 0 atom stereocenters. The monoisotopic (exact) mass is 592 g/mol.